The van der Waals surface area contributed by atoms with Crippen LogP contribution in [-0.4, -0.2) is 48.5 Å². The predicted octanol–water partition coefficient (Wildman–Crippen LogP) is 0.486. The molecule has 0 fully saturated rings. The summed E-state index contributed by atoms with van der Waals surface area (Å²) in [7, 11) is 0. The van der Waals surface area contributed by atoms with Crippen molar-refractivity contribution in [2.45, 2.75) is 18.5 Å². The molecule has 0 spiro atoms. The Morgan fingerprint density at radius 3 is 2.76 bits per heavy atom. The number of aliphatic hydroxyl groups is 2. The van der Waals surface area contributed by atoms with Crippen LogP contribution in [0.1, 0.15) is 6.42 Å². The number of nitrogens with zero attached hydrogens (tertiary/aromatic N) is 7. The molecule has 0 aliphatic carbocycles. The van der Waals surface area contributed by atoms with Gasteiger partial charge < -0.3 is 20.5 Å². The molecule has 0 unspecified atom stereocenters. The summed E-state index contributed by atoms with van der Waals surface area (Å²) >= 11 is 5.92. The largest absolute Gasteiger partial charge is 0.396 e. The van der Waals surface area contributed by atoms with Crippen molar-refractivity contribution < 1.29 is 10.2 Å². The van der Waals surface area contributed by atoms with Crippen LogP contribution in [-0.2, 0) is 6.54 Å². The van der Waals surface area contributed by atoms with Crippen LogP contribution in [0.5, 0.6) is 0 Å². The summed E-state index contributed by atoms with van der Waals surface area (Å²) in [6.07, 6.45) is 1.68. The molecule has 0 aliphatic heterocycles. The minimum absolute atomic E-state index is 0.0138. The topological polar surface area (TPSA) is 159 Å². The maximum atomic E-state index is 9.32. The molecular formula is C10H13ClN8O2. The van der Waals surface area contributed by atoms with Crippen molar-refractivity contribution in [1.29, 1.82) is 0 Å². The summed E-state index contributed by atoms with van der Waals surface area (Å²) in [4.78, 5) is 14.6. The standard InChI is InChI=1S/C10H13ClN8O2/c11-7-6-8(16-9(12)15-7)19(5-14-6)2-1-10(3-20,4-21)17-18-13/h5,20-21H,1-4H2,(H2,12,15,16). The van der Waals surface area contributed by atoms with E-state index in [0.717, 1.165) is 0 Å². The highest BCUT2D eigenvalue weighted by atomic mass is 35.5. The number of aliphatic hydroxyl groups excluding tert-OH is 2. The number of azide groups is 1. The zero-order valence-corrected chi connectivity index (χ0v) is 11.6. The second kappa shape index (κ2) is 6.10. The van der Waals surface area contributed by atoms with E-state index in [4.69, 9.17) is 22.9 Å². The molecule has 0 bridgehead atoms. The zero-order valence-electron chi connectivity index (χ0n) is 10.9. The highest BCUT2D eigenvalue weighted by Crippen LogP contribution is 2.22. The van der Waals surface area contributed by atoms with E-state index < -0.39 is 18.8 Å². The van der Waals surface area contributed by atoms with Gasteiger partial charge in [0.15, 0.2) is 10.8 Å². The first-order valence-corrected chi connectivity index (χ1v) is 6.35. The fraction of sp³-hybridized carbons (Fsp3) is 0.500. The van der Waals surface area contributed by atoms with Crippen molar-refractivity contribution in [3.63, 3.8) is 0 Å². The Balaban J connectivity index is 2.30. The van der Waals surface area contributed by atoms with E-state index in [-0.39, 0.29) is 17.5 Å². The fourth-order valence-corrected chi connectivity index (χ4v) is 2.05. The number of nitrogen functional groups attached to an aromatic ring is 1. The van der Waals surface area contributed by atoms with E-state index in [1.54, 1.807) is 4.57 Å². The van der Waals surface area contributed by atoms with Crippen molar-refractivity contribution in [2.75, 3.05) is 18.9 Å². The van der Waals surface area contributed by atoms with Gasteiger partial charge in [0.05, 0.1) is 25.1 Å². The van der Waals surface area contributed by atoms with Gasteiger partial charge in [-0.2, -0.15) is 9.97 Å². The van der Waals surface area contributed by atoms with Crippen molar-refractivity contribution in [2.24, 2.45) is 5.11 Å². The van der Waals surface area contributed by atoms with Crippen LogP contribution < -0.4 is 5.73 Å². The van der Waals surface area contributed by atoms with Crippen LogP contribution >= 0.6 is 11.6 Å². The molecule has 0 amide bonds. The third-order valence-corrected chi connectivity index (χ3v) is 3.37. The van der Waals surface area contributed by atoms with Gasteiger partial charge in [0.1, 0.15) is 5.52 Å². The van der Waals surface area contributed by atoms with Gasteiger partial charge in [-0.1, -0.05) is 16.7 Å². The number of aromatic nitrogens is 4. The van der Waals surface area contributed by atoms with Gasteiger partial charge >= 0.3 is 0 Å². The van der Waals surface area contributed by atoms with E-state index in [1.807, 2.05) is 0 Å². The van der Waals surface area contributed by atoms with Crippen molar-refractivity contribution in [3.05, 3.63) is 21.9 Å². The normalized spacial score (nSPS) is 11.6. The molecule has 21 heavy (non-hydrogen) atoms. The number of hydrogen-bond acceptors (Lipinski definition) is 7. The first kappa shape index (κ1) is 15.3. The van der Waals surface area contributed by atoms with Crippen LogP contribution in [0.2, 0.25) is 5.15 Å². The quantitative estimate of drug-likeness (QED) is 0.304. The van der Waals surface area contributed by atoms with Gasteiger partial charge in [0.2, 0.25) is 5.95 Å². The van der Waals surface area contributed by atoms with Gasteiger partial charge in [0.25, 0.3) is 0 Å². The summed E-state index contributed by atoms with van der Waals surface area (Å²) in [6, 6.07) is 0. The summed E-state index contributed by atoms with van der Waals surface area (Å²) in [5.74, 6) is 0.0138. The molecule has 10 nitrogen and oxygen atoms in total. The van der Waals surface area contributed by atoms with Crippen LogP contribution in [0.25, 0.3) is 21.6 Å². The lowest BCUT2D eigenvalue weighted by Gasteiger charge is -2.23. The van der Waals surface area contributed by atoms with Gasteiger partial charge in [-0.15, -0.1) is 0 Å². The van der Waals surface area contributed by atoms with E-state index in [9.17, 15) is 10.2 Å². The van der Waals surface area contributed by atoms with Crippen molar-refractivity contribution in [3.8, 4) is 0 Å². The fourth-order valence-electron chi connectivity index (χ4n) is 1.83. The molecular weight excluding hydrogens is 300 g/mol. The molecule has 2 aromatic heterocycles. The second-order valence-electron chi connectivity index (χ2n) is 4.46. The van der Waals surface area contributed by atoms with Crippen molar-refractivity contribution >= 4 is 28.7 Å². The Hall–Kier alpha value is -2.13. The molecule has 0 saturated carbocycles. The average Bonchev–Trinajstić information content (AvgIpc) is 2.87. The molecule has 0 radical (unpaired) electrons. The predicted molar refractivity (Wildman–Crippen MR) is 75.4 cm³/mol. The lowest BCUT2D eigenvalue weighted by molar-refractivity contribution is 0.111. The smallest absolute Gasteiger partial charge is 0.223 e. The van der Waals surface area contributed by atoms with E-state index >= 15 is 0 Å². The Labute approximate surface area is 123 Å². The molecule has 0 atom stereocenters. The molecule has 112 valence electrons. The maximum Gasteiger partial charge on any atom is 0.223 e. The summed E-state index contributed by atoms with van der Waals surface area (Å²) in [6.45, 7) is -0.653. The Kier molecular flexibility index (Phi) is 4.43. The summed E-state index contributed by atoms with van der Waals surface area (Å²) in [5.41, 5.74) is 13.6. The molecule has 2 heterocycles. The number of halogens is 1. The summed E-state index contributed by atoms with van der Waals surface area (Å²) in [5, 5.41) is 22.3. The monoisotopic (exact) mass is 312 g/mol. The number of aryl methyl sites for hydroxylation is 1. The number of rotatable bonds is 6. The molecule has 0 aliphatic rings. The molecule has 11 heteroatoms. The Morgan fingerprint density at radius 2 is 2.14 bits per heavy atom. The number of nitrogens with two attached hydrogens (primary N) is 1. The second-order valence-corrected chi connectivity index (χ2v) is 4.82. The third-order valence-electron chi connectivity index (χ3n) is 3.10. The SMILES string of the molecule is [N-]=[N+]=NC(CO)(CO)CCn1cnc2c(Cl)nc(N)nc21. The third kappa shape index (κ3) is 2.98. The molecule has 0 aromatic carbocycles. The highest BCUT2D eigenvalue weighted by Gasteiger charge is 2.27. The maximum absolute atomic E-state index is 9.32. The van der Waals surface area contributed by atoms with Crippen molar-refractivity contribution in [1.82, 2.24) is 19.5 Å². The number of anilines is 1. The number of imidazole rings is 1. The van der Waals surface area contributed by atoms with Crippen LogP contribution in [0.4, 0.5) is 5.95 Å². The van der Waals surface area contributed by atoms with Crippen LogP contribution in [0.15, 0.2) is 11.4 Å². The molecule has 2 aromatic rings. The Bertz CT molecular complexity index is 692. The molecule has 0 saturated heterocycles. The lowest BCUT2D eigenvalue weighted by Crippen LogP contribution is -2.36. The van der Waals surface area contributed by atoms with Gasteiger partial charge in [-0.05, 0) is 12.0 Å². The van der Waals surface area contributed by atoms with Gasteiger partial charge in [0, 0.05) is 11.5 Å². The number of hydrogen-bond donors (Lipinski definition) is 3. The van der Waals surface area contributed by atoms with E-state index in [1.165, 1.54) is 6.33 Å². The van der Waals surface area contributed by atoms with E-state index in [2.05, 4.69) is 25.0 Å². The minimum Gasteiger partial charge on any atom is -0.396 e. The lowest BCUT2D eigenvalue weighted by atomic mass is 9.99. The van der Waals surface area contributed by atoms with Gasteiger partial charge in [-0.3, -0.25) is 0 Å². The Morgan fingerprint density at radius 1 is 1.43 bits per heavy atom. The first-order chi connectivity index (χ1) is 10.0. The molecule has 4 N–H and O–H groups in total. The highest BCUT2D eigenvalue weighted by molar-refractivity contribution is 6.33. The van der Waals surface area contributed by atoms with Crippen LogP contribution in [0.3, 0.4) is 0 Å². The minimum atomic E-state index is -1.28. The zero-order chi connectivity index (χ0) is 15.5. The molecule has 2 rings (SSSR count). The average molecular weight is 313 g/mol. The van der Waals surface area contributed by atoms with Gasteiger partial charge in [-0.25, -0.2) is 4.98 Å². The number of fused-ring (bicyclic) bond motifs is 1. The van der Waals surface area contributed by atoms with Crippen LogP contribution in [0, 0.1) is 0 Å². The first-order valence-electron chi connectivity index (χ1n) is 5.97. The van der Waals surface area contributed by atoms with E-state index in [0.29, 0.717) is 17.7 Å². The summed E-state index contributed by atoms with van der Waals surface area (Å²) < 4.78 is 1.63.